The number of nitrogens with zero attached hydrogens (tertiary/aromatic N) is 1. The molecular weight excluding hydrogens is 226 g/mol. The molecule has 2 rings (SSSR count). The number of hydrogen-bond donors (Lipinski definition) is 2. The summed E-state index contributed by atoms with van der Waals surface area (Å²) in [7, 11) is 0. The van der Waals surface area contributed by atoms with Crippen LogP contribution in [-0.4, -0.2) is 18.1 Å². The fourth-order valence-corrected chi connectivity index (χ4v) is 2.00. The van der Waals surface area contributed by atoms with E-state index in [1.165, 1.54) is 12.0 Å². The van der Waals surface area contributed by atoms with Crippen LogP contribution in [0.5, 0.6) is 0 Å². The van der Waals surface area contributed by atoms with Crippen molar-refractivity contribution in [2.75, 3.05) is 13.1 Å². The van der Waals surface area contributed by atoms with Gasteiger partial charge in [0, 0.05) is 6.54 Å². The summed E-state index contributed by atoms with van der Waals surface area (Å²) in [6.07, 6.45) is 1.48. The Bertz CT molecular complexity index is 492. The Morgan fingerprint density at radius 2 is 2.22 bits per heavy atom. The van der Waals surface area contributed by atoms with Gasteiger partial charge in [-0.05, 0) is 42.6 Å². The maximum absolute atomic E-state index is 5.75. The first-order valence-electron chi connectivity index (χ1n) is 6.43. The number of oxazole rings is 1. The Balaban J connectivity index is 1.89. The molecule has 18 heavy (non-hydrogen) atoms. The highest BCUT2D eigenvalue weighted by Gasteiger charge is 2.10. The molecule has 98 valence electrons. The topological polar surface area (TPSA) is 64.1 Å². The second-order valence-corrected chi connectivity index (χ2v) is 5.03. The van der Waals surface area contributed by atoms with Gasteiger partial charge in [0.05, 0.1) is 0 Å². The Morgan fingerprint density at radius 3 is 2.94 bits per heavy atom. The van der Waals surface area contributed by atoms with Gasteiger partial charge in [-0.15, -0.1) is 0 Å². The molecule has 1 unspecified atom stereocenters. The molecule has 0 spiro atoms. The third-order valence-electron chi connectivity index (χ3n) is 3.38. The molecular formula is C14H21N3O. The van der Waals surface area contributed by atoms with Crippen LogP contribution in [0.15, 0.2) is 29.0 Å². The summed E-state index contributed by atoms with van der Waals surface area (Å²) in [5.41, 5.74) is 8.70. The summed E-state index contributed by atoms with van der Waals surface area (Å²) >= 11 is 0. The van der Waals surface area contributed by atoms with Gasteiger partial charge >= 0.3 is 0 Å². The second-order valence-electron chi connectivity index (χ2n) is 5.03. The van der Waals surface area contributed by atoms with E-state index < -0.39 is 0 Å². The van der Waals surface area contributed by atoms with Crippen LogP contribution in [0.4, 0.5) is 0 Å². The van der Waals surface area contributed by atoms with Gasteiger partial charge in [-0.2, -0.15) is 0 Å². The predicted molar refractivity (Wildman–Crippen MR) is 73.1 cm³/mol. The fraction of sp³-hybridized carbons (Fsp3) is 0.500. The largest absolute Gasteiger partial charge is 0.443 e. The number of benzene rings is 1. The van der Waals surface area contributed by atoms with Crippen molar-refractivity contribution in [1.29, 1.82) is 0 Å². The molecule has 0 amide bonds. The lowest BCUT2D eigenvalue weighted by Gasteiger charge is -2.19. The third kappa shape index (κ3) is 3.09. The van der Waals surface area contributed by atoms with Gasteiger partial charge in [0.15, 0.2) is 12.0 Å². The molecule has 0 bridgehead atoms. The monoisotopic (exact) mass is 247 g/mol. The summed E-state index contributed by atoms with van der Waals surface area (Å²) in [5.74, 6) is 1.14. The summed E-state index contributed by atoms with van der Waals surface area (Å²) in [4.78, 5) is 4.10. The average molecular weight is 247 g/mol. The third-order valence-corrected chi connectivity index (χ3v) is 3.38. The van der Waals surface area contributed by atoms with Crippen molar-refractivity contribution in [2.45, 2.75) is 20.4 Å². The summed E-state index contributed by atoms with van der Waals surface area (Å²) in [5, 5.41) is 3.45. The first-order valence-corrected chi connectivity index (χ1v) is 6.43. The highest BCUT2D eigenvalue weighted by atomic mass is 16.3. The van der Waals surface area contributed by atoms with Crippen LogP contribution < -0.4 is 11.1 Å². The quantitative estimate of drug-likeness (QED) is 0.821. The summed E-state index contributed by atoms with van der Waals surface area (Å²) < 4.78 is 5.29. The predicted octanol–water partition coefficient (Wildman–Crippen LogP) is 2.15. The van der Waals surface area contributed by atoms with E-state index in [4.69, 9.17) is 10.2 Å². The van der Waals surface area contributed by atoms with Crippen molar-refractivity contribution in [2.24, 2.45) is 17.6 Å². The minimum Gasteiger partial charge on any atom is -0.443 e. The normalized spacial score (nSPS) is 13.3. The van der Waals surface area contributed by atoms with Crippen LogP contribution in [-0.2, 0) is 6.54 Å². The molecule has 2 aromatic rings. The molecule has 0 fully saturated rings. The van der Waals surface area contributed by atoms with E-state index in [2.05, 4.69) is 30.2 Å². The van der Waals surface area contributed by atoms with Crippen LogP contribution in [0.25, 0.3) is 11.1 Å². The molecule has 0 aliphatic rings. The number of rotatable bonds is 6. The van der Waals surface area contributed by atoms with Gasteiger partial charge in [0.2, 0.25) is 0 Å². The van der Waals surface area contributed by atoms with Crippen LogP contribution >= 0.6 is 0 Å². The Kier molecular flexibility index (Phi) is 4.33. The molecule has 1 aromatic carbocycles. The lowest BCUT2D eigenvalue weighted by atomic mass is 9.96. The van der Waals surface area contributed by atoms with Gasteiger partial charge in [-0.25, -0.2) is 4.98 Å². The summed E-state index contributed by atoms with van der Waals surface area (Å²) in [6, 6.07) is 6.09. The van der Waals surface area contributed by atoms with Crippen molar-refractivity contribution in [3.05, 3.63) is 30.2 Å². The molecule has 0 saturated carbocycles. The lowest BCUT2D eigenvalue weighted by molar-refractivity contribution is 0.370. The molecule has 1 aromatic heterocycles. The number of fused-ring (bicyclic) bond motifs is 1. The van der Waals surface area contributed by atoms with Crippen LogP contribution in [0.1, 0.15) is 19.4 Å². The zero-order chi connectivity index (χ0) is 13.0. The van der Waals surface area contributed by atoms with Crippen LogP contribution in [0.2, 0.25) is 0 Å². The molecule has 3 N–H and O–H groups in total. The minimum atomic E-state index is 0.527. The summed E-state index contributed by atoms with van der Waals surface area (Å²) in [6.45, 7) is 6.92. The Hall–Kier alpha value is -1.39. The highest BCUT2D eigenvalue weighted by molar-refractivity contribution is 5.72. The molecule has 0 aliphatic heterocycles. The SMILES string of the molecule is CC(C)C(CN)CNCc1ccc2ncoc2c1. The first kappa shape index (κ1) is 13.1. The first-order chi connectivity index (χ1) is 8.70. The number of aromatic nitrogens is 1. The van der Waals surface area contributed by atoms with Crippen molar-refractivity contribution in [3.8, 4) is 0 Å². The second kappa shape index (κ2) is 5.98. The van der Waals surface area contributed by atoms with Gasteiger partial charge in [-0.1, -0.05) is 19.9 Å². The van der Waals surface area contributed by atoms with E-state index >= 15 is 0 Å². The fourth-order valence-electron chi connectivity index (χ4n) is 2.00. The molecule has 0 saturated heterocycles. The molecule has 4 heteroatoms. The van der Waals surface area contributed by atoms with Crippen molar-refractivity contribution < 1.29 is 4.42 Å². The zero-order valence-electron chi connectivity index (χ0n) is 11.0. The maximum atomic E-state index is 5.75. The van der Waals surface area contributed by atoms with Crippen molar-refractivity contribution in [3.63, 3.8) is 0 Å². The van der Waals surface area contributed by atoms with E-state index in [9.17, 15) is 0 Å². The van der Waals surface area contributed by atoms with E-state index in [1.54, 1.807) is 0 Å². The van der Waals surface area contributed by atoms with Crippen molar-refractivity contribution in [1.82, 2.24) is 10.3 Å². The minimum absolute atomic E-state index is 0.527. The average Bonchev–Trinajstić information content (AvgIpc) is 2.81. The van der Waals surface area contributed by atoms with E-state index in [1.807, 2.05) is 12.1 Å². The number of hydrogen-bond acceptors (Lipinski definition) is 4. The molecule has 1 heterocycles. The smallest absolute Gasteiger partial charge is 0.181 e. The van der Waals surface area contributed by atoms with E-state index in [-0.39, 0.29) is 0 Å². The molecule has 1 atom stereocenters. The Morgan fingerprint density at radius 1 is 1.39 bits per heavy atom. The van der Waals surface area contributed by atoms with E-state index in [0.717, 1.165) is 30.7 Å². The molecule has 0 radical (unpaired) electrons. The standard InChI is InChI=1S/C14H21N3O/c1-10(2)12(6-15)8-16-7-11-3-4-13-14(5-11)18-9-17-13/h3-5,9-10,12,16H,6-8,15H2,1-2H3. The lowest BCUT2D eigenvalue weighted by Crippen LogP contribution is -2.31. The Labute approximate surface area is 108 Å². The van der Waals surface area contributed by atoms with Gasteiger partial charge in [-0.3, -0.25) is 0 Å². The van der Waals surface area contributed by atoms with Crippen LogP contribution in [0, 0.1) is 11.8 Å². The highest BCUT2D eigenvalue weighted by Crippen LogP contribution is 2.14. The molecule has 0 aliphatic carbocycles. The van der Waals surface area contributed by atoms with Crippen LogP contribution in [0.3, 0.4) is 0 Å². The number of nitrogens with two attached hydrogens (primary N) is 1. The zero-order valence-corrected chi connectivity index (χ0v) is 11.0. The van der Waals surface area contributed by atoms with Gasteiger partial charge in [0.25, 0.3) is 0 Å². The maximum Gasteiger partial charge on any atom is 0.181 e. The molecule has 4 nitrogen and oxygen atoms in total. The number of nitrogens with one attached hydrogen (secondary N) is 1. The van der Waals surface area contributed by atoms with Gasteiger partial charge in [0.1, 0.15) is 5.52 Å². The van der Waals surface area contributed by atoms with E-state index in [0.29, 0.717) is 11.8 Å². The van der Waals surface area contributed by atoms with Crippen molar-refractivity contribution >= 4 is 11.1 Å². The van der Waals surface area contributed by atoms with Gasteiger partial charge < -0.3 is 15.5 Å².